The zero-order valence-corrected chi connectivity index (χ0v) is 15.1. The van der Waals surface area contributed by atoms with Gasteiger partial charge in [-0.15, -0.1) is 11.5 Å². The standard InChI is InChI=1S/C17H24N2O8/c1-2-3-14(20)18-7-9-25-11-13-26-12-10-24-8-6-17(23)27-19-15(21)4-5-16(19)22/h1H,3-13H2,(H,18,20). The van der Waals surface area contributed by atoms with Crippen molar-refractivity contribution in [3.05, 3.63) is 0 Å². The van der Waals surface area contributed by atoms with E-state index in [-0.39, 0.29) is 44.8 Å². The number of nitrogens with one attached hydrogen (secondary N) is 1. The number of ether oxygens (including phenoxy) is 3. The summed E-state index contributed by atoms with van der Waals surface area (Å²) >= 11 is 0. The van der Waals surface area contributed by atoms with Crippen molar-refractivity contribution in [3.8, 4) is 12.3 Å². The van der Waals surface area contributed by atoms with Gasteiger partial charge in [0, 0.05) is 19.4 Å². The Morgan fingerprint density at radius 3 is 2.11 bits per heavy atom. The third kappa shape index (κ3) is 10.3. The van der Waals surface area contributed by atoms with Crippen LogP contribution in [0.5, 0.6) is 0 Å². The molecule has 150 valence electrons. The van der Waals surface area contributed by atoms with Crippen molar-refractivity contribution in [2.45, 2.75) is 25.7 Å². The first-order valence-electron chi connectivity index (χ1n) is 8.54. The number of amides is 3. The van der Waals surface area contributed by atoms with Crippen molar-refractivity contribution in [2.75, 3.05) is 46.2 Å². The highest BCUT2D eigenvalue weighted by atomic mass is 16.7. The van der Waals surface area contributed by atoms with Crippen molar-refractivity contribution in [2.24, 2.45) is 0 Å². The molecule has 1 N–H and O–H groups in total. The summed E-state index contributed by atoms with van der Waals surface area (Å²) in [4.78, 5) is 49.8. The van der Waals surface area contributed by atoms with Crippen LogP contribution in [0.25, 0.3) is 0 Å². The van der Waals surface area contributed by atoms with Gasteiger partial charge in [0.15, 0.2) is 0 Å². The van der Waals surface area contributed by atoms with Crippen LogP contribution in [-0.4, -0.2) is 74.9 Å². The molecule has 0 bridgehead atoms. The average molecular weight is 384 g/mol. The van der Waals surface area contributed by atoms with Crippen LogP contribution in [0.2, 0.25) is 0 Å². The second kappa shape index (κ2) is 13.7. The molecule has 1 saturated heterocycles. The van der Waals surface area contributed by atoms with Crippen molar-refractivity contribution >= 4 is 23.7 Å². The molecule has 0 spiro atoms. The molecule has 0 radical (unpaired) electrons. The average Bonchev–Trinajstić information content (AvgIpc) is 2.94. The molecule has 1 rings (SSSR count). The Labute approximate surface area is 157 Å². The summed E-state index contributed by atoms with van der Waals surface area (Å²) in [5.74, 6) is 0.298. The second-order valence-corrected chi connectivity index (χ2v) is 5.36. The molecule has 0 saturated carbocycles. The highest BCUT2D eigenvalue weighted by Gasteiger charge is 2.32. The van der Waals surface area contributed by atoms with E-state index in [2.05, 4.69) is 16.1 Å². The fourth-order valence-corrected chi connectivity index (χ4v) is 1.92. The number of carbonyl (C=O) groups excluding carboxylic acids is 4. The van der Waals surface area contributed by atoms with Crippen molar-refractivity contribution in [3.63, 3.8) is 0 Å². The Hall–Kier alpha value is -2.48. The first kappa shape index (κ1) is 22.6. The fraction of sp³-hybridized carbons (Fsp3) is 0.647. The van der Waals surface area contributed by atoms with E-state index < -0.39 is 17.8 Å². The first-order chi connectivity index (χ1) is 13.0. The normalized spacial score (nSPS) is 13.5. The van der Waals surface area contributed by atoms with Gasteiger partial charge >= 0.3 is 5.97 Å². The molecule has 1 aliphatic heterocycles. The van der Waals surface area contributed by atoms with Crippen molar-refractivity contribution < 1.29 is 38.2 Å². The number of hydroxylamine groups is 2. The van der Waals surface area contributed by atoms with Gasteiger partial charge in [-0.05, 0) is 0 Å². The van der Waals surface area contributed by atoms with E-state index >= 15 is 0 Å². The molecule has 1 heterocycles. The monoisotopic (exact) mass is 384 g/mol. The molecule has 0 unspecified atom stereocenters. The van der Waals surface area contributed by atoms with Gasteiger partial charge in [-0.3, -0.25) is 14.4 Å². The Balaban J connectivity index is 1.86. The Kier molecular flexibility index (Phi) is 11.4. The fourth-order valence-electron chi connectivity index (χ4n) is 1.92. The van der Waals surface area contributed by atoms with Gasteiger partial charge < -0.3 is 24.4 Å². The molecule has 0 aliphatic carbocycles. The summed E-state index contributed by atoms with van der Waals surface area (Å²) in [6, 6.07) is 0. The molecule has 3 amide bonds. The van der Waals surface area contributed by atoms with Crippen molar-refractivity contribution in [1.29, 1.82) is 0 Å². The van der Waals surface area contributed by atoms with Crippen LogP contribution in [-0.2, 0) is 38.2 Å². The quantitative estimate of drug-likeness (QED) is 0.234. The molecule has 0 aromatic carbocycles. The molecule has 1 aliphatic rings. The smallest absolute Gasteiger partial charge is 0.335 e. The molecular weight excluding hydrogens is 360 g/mol. The van der Waals surface area contributed by atoms with Gasteiger partial charge in [-0.2, -0.15) is 0 Å². The van der Waals surface area contributed by atoms with Gasteiger partial charge in [-0.25, -0.2) is 4.79 Å². The second-order valence-electron chi connectivity index (χ2n) is 5.36. The van der Waals surface area contributed by atoms with Crippen molar-refractivity contribution in [1.82, 2.24) is 10.4 Å². The van der Waals surface area contributed by atoms with Crippen LogP contribution in [0.4, 0.5) is 0 Å². The lowest BCUT2D eigenvalue weighted by molar-refractivity contribution is -0.198. The van der Waals surface area contributed by atoms with E-state index in [0.29, 0.717) is 38.0 Å². The maximum absolute atomic E-state index is 11.5. The van der Waals surface area contributed by atoms with E-state index in [1.165, 1.54) is 0 Å². The third-order valence-electron chi connectivity index (χ3n) is 3.22. The van der Waals surface area contributed by atoms with Gasteiger partial charge in [0.05, 0.1) is 52.5 Å². The number of imide groups is 1. The number of hydrogen-bond donors (Lipinski definition) is 1. The summed E-state index contributed by atoms with van der Waals surface area (Å²) in [5, 5.41) is 3.11. The van der Waals surface area contributed by atoms with E-state index in [0.717, 1.165) is 0 Å². The number of nitrogens with zero attached hydrogens (tertiary/aromatic N) is 1. The predicted octanol–water partition coefficient (Wildman–Crippen LogP) is -0.827. The molecule has 0 atom stereocenters. The third-order valence-corrected chi connectivity index (χ3v) is 3.22. The topological polar surface area (TPSA) is 120 Å². The van der Waals surface area contributed by atoms with Crippen LogP contribution in [0.15, 0.2) is 0 Å². The molecule has 27 heavy (non-hydrogen) atoms. The Morgan fingerprint density at radius 1 is 0.963 bits per heavy atom. The highest BCUT2D eigenvalue weighted by molar-refractivity contribution is 6.01. The van der Waals surface area contributed by atoms with E-state index in [1.807, 2.05) is 0 Å². The zero-order chi connectivity index (χ0) is 19.9. The molecule has 1 fully saturated rings. The van der Waals surface area contributed by atoms with Gasteiger partial charge in [0.25, 0.3) is 11.8 Å². The lowest BCUT2D eigenvalue weighted by Gasteiger charge is -2.12. The van der Waals surface area contributed by atoms with Gasteiger partial charge in [0.2, 0.25) is 5.91 Å². The van der Waals surface area contributed by atoms with E-state index in [1.54, 1.807) is 0 Å². The maximum atomic E-state index is 11.5. The van der Waals surface area contributed by atoms with Crippen LogP contribution in [0.3, 0.4) is 0 Å². The van der Waals surface area contributed by atoms with Gasteiger partial charge in [-0.1, -0.05) is 5.92 Å². The lowest BCUT2D eigenvalue weighted by atomic mass is 10.4. The summed E-state index contributed by atoms with van der Waals surface area (Å²) in [6.45, 7) is 2.16. The summed E-state index contributed by atoms with van der Waals surface area (Å²) < 4.78 is 15.7. The lowest BCUT2D eigenvalue weighted by Crippen LogP contribution is -2.32. The van der Waals surface area contributed by atoms with E-state index in [4.69, 9.17) is 20.6 Å². The van der Waals surface area contributed by atoms with Gasteiger partial charge in [0.1, 0.15) is 0 Å². The Morgan fingerprint density at radius 2 is 1.52 bits per heavy atom. The minimum absolute atomic E-state index is 0.0509. The largest absolute Gasteiger partial charge is 0.378 e. The molecule has 0 aromatic heterocycles. The summed E-state index contributed by atoms with van der Waals surface area (Å²) in [7, 11) is 0. The first-order valence-corrected chi connectivity index (χ1v) is 8.54. The highest BCUT2D eigenvalue weighted by Crippen LogP contribution is 2.12. The number of carbonyl (C=O) groups is 4. The van der Waals surface area contributed by atoms with Crippen LogP contribution < -0.4 is 5.32 Å². The SMILES string of the molecule is C#CCC(=O)NCCOCCOCCOCCC(=O)ON1C(=O)CCC1=O. The zero-order valence-electron chi connectivity index (χ0n) is 15.1. The minimum Gasteiger partial charge on any atom is -0.378 e. The van der Waals surface area contributed by atoms with Crippen LogP contribution in [0, 0.1) is 12.3 Å². The summed E-state index contributed by atoms with van der Waals surface area (Å²) in [6.07, 6.45) is 5.09. The predicted molar refractivity (Wildman–Crippen MR) is 90.7 cm³/mol. The Bertz CT molecular complexity index is 542. The molecule has 10 nitrogen and oxygen atoms in total. The molecule has 10 heteroatoms. The summed E-state index contributed by atoms with van der Waals surface area (Å²) in [5.41, 5.74) is 0. The number of terminal acetylenes is 1. The number of rotatable bonds is 14. The number of hydrogen-bond acceptors (Lipinski definition) is 8. The molecule has 0 aromatic rings. The van der Waals surface area contributed by atoms with E-state index in [9.17, 15) is 19.2 Å². The molecular formula is C17H24N2O8. The minimum atomic E-state index is -0.706. The van der Waals surface area contributed by atoms with Crippen LogP contribution in [0.1, 0.15) is 25.7 Å². The maximum Gasteiger partial charge on any atom is 0.335 e. The van der Waals surface area contributed by atoms with Crippen LogP contribution >= 0.6 is 0 Å².